The van der Waals surface area contributed by atoms with Gasteiger partial charge in [0.25, 0.3) is 5.56 Å². The van der Waals surface area contributed by atoms with Gasteiger partial charge in [0.2, 0.25) is 0 Å². The molecule has 1 aliphatic carbocycles. The highest BCUT2D eigenvalue weighted by molar-refractivity contribution is 7.71. The lowest BCUT2D eigenvalue weighted by Gasteiger charge is -2.24. The number of H-pyrrole nitrogens is 1. The molecular weight excluding hydrogens is 292 g/mol. The monoisotopic (exact) mass is 308 g/mol. The molecule has 0 saturated carbocycles. The van der Waals surface area contributed by atoms with Crippen LogP contribution in [0.5, 0.6) is 0 Å². The number of aromatic nitrogens is 2. The molecule has 0 amide bonds. The Morgan fingerprint density at radius 3 is 2.90 bits per heavy atom. The first kappa shape index (κ1) is 12.7. The summed E-state index contributed by atoms with van der Waals surface area (Å²) in [7, 11) is 0. The maximum absolute atomic E-state index is 12.9. The van der Waals surface area contributed by atoms with E-state index in [0.29, 0.717) is 18.0 Å². The van der Waals surface area contributed by atoms with Crippen LogP contribution in [0.1, 0.15) is 35.7 Å². The molecule has 1 fully saturated rings. The van der Waals surface area contributed by atoms with Crippen LogP contribution in [0.25, 0.3) is 10.2 Å². The second-order valence-electron chi connectivity index (χ2n) is 5.51. The first-order valence-corrected chi connectivity index (χ1v) is 8.35. The minimum absolute atomic E-state index is 0.107. The van der Waals surface area contributed by atoms with Crippen LogP contribution in [-0.4, -0.2) is 22.8 Å². The molecule has 6 heteroatoms. The summed E-state index contributed by atoms with van der Waals surface area (Å²) < 4.78 is 7.75. The van der Waals surface area contributed by atoms with Crippen molar-refractivity contribution in [1.29, 1.82) is 0 Å². The number of nitrogens with zero attached hydrogens (tertiary/aromatic N) is 1. The van der Waals surface area contributed by atoms with Gasteiger partial charge in [0, 0.05) is 24.1 Å². The predicted molar refractivity (Wildman–Crippen MR) is 82.4 cm³/mol. The summed E-state index contributed by atoms with van der Waals surface area (Å²) in [6, 6.07) is 0.182. The Morgan fingerprint density at radius 1 is 1.30 bits per heavy atom. The molecule has 1 N–H and O–H groups in total. The van der Waals surface area contributed by atoms with E-state index in [-0.39, 0.29) is 11.6 Å². The molecule has 3 heterocycles. The number of hydrogen-bond donors (Lipinski definition) is 1. The highest BCUT2D eigenvalue weighted by Crippen LogP contribution is 2.35. The maximum atomic E-state index is 12.9. The number of hydrogen-bond acceptors (Lipinski definition) is 4. The highest BCUT2D eigenvalue weighted by atomic mass is 32.1. The molecule has 4 nitrogen and oxygen atoms in total. The molecule has 0 aromatic carbocycles. The Morgan fingerprint density at radius 2 is 2.10 bits per heavy atom. The van der Waals surface area contributed by atoms with Gasteiger partial charge in [0.1, 0.15) is 4.83 Å². The minimum atomic E-state index is 0.107. The Bertz CT molecular complexity index is 781. The van der Waals surface area contributed by atoms with E-state index in [9.17, 15) is 4.79 Å². The smallest absolute Gasteiger partial charge is 0.263 e. The lowest BCUT2D eigenvalue weighted by molar-refractivity contribution is 0.0681. The Labute approximate surface area is 125 Å². The van der Waals surface area contributed by atoms with Gasteiger partial charge in [-0.05, 0) is 49.9 Å². The summed E-state index contributed by atoms with van der Waals surface area (Å²) in [4.78, 5) is 18.5. The van der Waals surface area contributed by atoms with E-state index < -0.39 is 0 Å². The van der Waals surface area contributed by atoms with E-state index in [4.69, 9.17) is 17.0 Å². The van der Waals surface area contributed by atoms with Gasteiger partial charge >= 0.3 is 0 Å². The van der Waals surface area contributed by atoms with Crippen molar-refractivity contribution in [3.63, 3.8) is 0 Å². The number of rotatable bonds is 1. The van der Waals surface area contributed by atoms with Crippen LogP contribution in [0, 0.1) is 4.77 Å². The molecule has 106 valence electrons. The summed E-state index contributed by atoms with van der Waals surface area (Å²) in [5, 5.41) is 0.891. The molecule has 0 radical (unpaired) electrons. The van der Waals surface area contributed by atoms with Gasteiger partial charge in [-0.2, -0.15) is 0 Å². The van der Waals surface area contributed by atoms with Crippen LogP contribution < -0.4 is 5.56 Å². The number of aromatic amines is 1. The zero-order valence-electron chi connectivity index (χ0n) is 11.1. The van der Waals surface area contributed by atoms with E-state index in [1.54, 1.807) is 15.9 Å². The summed E-state index contributed by atoms with van der Waals surface area (Å²) in [6.45, 7) is 1.43. The van der Waals surface area contributed by atoms with E-state index in [2.05, 4.69) is 4.98 Å². The summed E-state index contributed by atoms with van der Waals surface area (Å²) in [5.74, 6) is 0. The third-order valence-electron chi connectivity index (χ3n) is 4.35. The van der Waals surface area contributed by atoms with Crippen molar-refractivity contribution in [1.82, 2.24) is 9.55 Å². The first-order chi connectivity index (χ1) is 9.75. The van der Waals surface area contributed by atoms with Crippen molar-refractivity contribution in [2.45, 2.75) is 38.1 Å². The summed E-state index contributed by atoms with van der Waals surface area (Å²) >= 11 is 7.14. The number of nitrogens with one attached hydrogen (secondary N) is 1. The number of fused-ring (bicyclic) bond motifs is 3. The van der Waals surface area contributed by atoms with Crippen molar-refractivity contribution in [3.8, 4) is 0 Å². The standard InChI is InChI=1S/C14H16N2O2S2/c17-13-11-9-2-1-3-10(9)20-12(11)15-14(19)16(13)8-4-6-18-7-5-8/h8H,1-7H2,(H,15,19). The van der Waals surface area contributed by atoms with Gasteiger partial charge < -0.3 is 9.72 Å². The van der Waals surface area contributed by atoms with Crippen molar-refractivity contribution in [2.75, 3.05) is 13.2 Å². The molecule has 4 rings (SSSR count). The van der Waals surface area contributed by atoms with E-state index in [1.807, 2.05) is 0 Å². The quantitative estimate of drug-likeness (QED) is 0.824. The molecule has 0 atom stereocenters. The zero-order chi connectivity index (χ0) is 13.7. The van der Waals surface area contributed by atoms with Crippen molar-refractivity contribution >= 4 is 33.8 Å². The molecule has 0 spiro atoms. The van der Waals surface area contributed by atoms with Gasteiger partial charge in [0.15, 0.2) is 4.77 Å². The normalized spacial score (nSPS) is 19.6. The zero-order valence-corrected chi connectivity index (χ0v) is 12.7. The predicted octanol–water partition coefficient (Wildman–Crippen LogP) is 2.96. The number of thiophene rings is 1. The maximum Gasteiger partial charge on any atom is 0.263 e. The molecule has 20 heavy (non-hydrogen) atoms. The summed E-state index contributed by atoms with van der Waals surface area (Å²) in [5.41, 5.74) is 1.37. The van der Waals surface area contributed by atoms with Crippen LogP contribution in [0.2, 0.25) is 0 Å². The molecule has 1 aliphatic heterocycles. The average Bonchev–Trinajstić information content (AvgIpc) is 2.99. The van der Waals surface area contributed by atoms with Gasteiger partial charge in [-0.15, -0.1) is 11.3 Å². The lowest BCUT2D eigenvalue weighted by atomic mass is 10.1. The Balaban J connectivity index is 1.97. The van der Waals surface area contributed by atoms with Crippen LogP contribution >= 0.6 is 23.6 Å². The third kappa shape index (κ3) is 1.82. The van der Waals surface area contributed by atoms with Crippen molar-refractivity contribution in [3.05, 3.63) is 25.6 Å². The fourth-order valence-electron chi connectivity index (χ4n) is 3.36. The molecule has 0 unspecified atom stereocenters. The Hall–Kier alpha value is -0.980. The largest absolute Gasteiger partial charge is 0.381 e. The van der Waals surface area contributed by atoms with E-state index in [0.717, 1.165) is 35.9 Å². The fourth-order valence-corrected chi connectivity index (χ4v) is 5.04. The number of ether oxygens (including phenoxy) is 1. The SMILES string of the molecule is O=c1c2c3c(sc2[nH]c(=S)n1C1CCOCC1)CCC3. The molecule has 0 bridgehead atoms. The van der Waals surface area contributed by atoms with Crippen LogP contribution in [-0.2, 0) is 17.6 Å². The van der Waals surface area contributed by atoms with Crippen molar-refractivity contribution < 1.29 is 4.74 Å². The van der Waals surface area contributed by atoms with E-state index >= 15 is 0 Å². The highest BCUT2D eigenvalue weighted by Gasteiger charge is 2.24. The third-order valence-corrected chi connectivity index (χ3v) is 5.86. The van der Waals surface area contributed by atoms with Gasteiger partial charge in [-0.3, -0.25) is 9.36 Å². The molecule has 2 aromatic heterocycles. The Kier molecular flexibility index (Phi) is 3.05. The van der Waals surface area contributed by atoms with E-state index in [1.165, 1.54) is 16.9 Å². The average molecular weight is 308 g/mol. The lowest BCUT2D eigenvalue weighted by Crippen LogP contribution is -2.30. The minimum Gasteiger partial charge on any atom is -0.381 e. The van der Waals surface area contributed by atoms with Crippen LogP contribution in [0.3, 0.4) is 0 Å². The molecule has 2 aliphatic rings. The second kappa shape index (κ2) is 4.79. The first-order valence-electron chi connectivity index (χ1n) is 7.12. The topological polar surface area (TPSA) is 47.0 Å². The molecule has 2 aromatic rings. The molecule has 1 saturated heterocycles. The fraction of sp³-hybridized carbons (Fsp3) is 0.571. The molecular formula is C14H16N2O2S2. The van der Waals surface area contributed by atoms with Crippen LogP contribution in [0.4, 0.5) is 0 Å². The van der Waals surface area contributed by atoms with Gasteiger partial charge in [0.05, 0.1) is 5.39 Å². The van der Waals surface area contributed by atoms with Gasteiger partial charge in [-0.25, -0.2) is 0 Å². The van der Waals surface area contributed by atoms with Crippen LogP contribution in [0.15, 0.2) is 4.79 Å². The van der Waals surface area contributed by atoms with Gasteiger partial charge in [-0.1, -0.05) is 0 Å². The number of aryl methyl sites for hydroxylation is 2. The second-order valence-corrected chi connectivity index (χ2v) is 7.00. The van der Waals surface area contributed by atoms with Crippen molar-refractivity contribution in [2.24, 2.45) is 0 Å². The summed E-state index contributed by atoms with van der Waals surface area (Å²) in [6.07, 6.45) is 5.04.